The average Bonchev–Trinajstić information content (AvgIpc) is 2.70. The zero-order chi connectivity index (χ0) is 12.4. The first kappa shape index (κ1) is 12.2. The van der Waals surface area contributed by atoms with E-state index in [-0.39, 0.29) is 5.25 Å². The van der Waals surface area contributed by atoms with Crippen LogP contribution in [-0.4, -0.2) is 10.1 Å². The van der Waals surface area contributed by atoms with Gasteiger partial charge in [0.05, 0.1) is 5.25 Å². The van der Waals surface area contributed by atoms with E-state index in [1.807, 2.05) is 6.92 Å². The molecule has 1 aromatic carbocycles. The van der Waals surface area contributed by atoms with Crippen LogP contribution in [0.4, 0.5) is 0 Å². The van der Waals surface area contributed by atoms with Crippen molar-refractivity contribution in [2.24, 2.45) is 0 Å². The van der Waals surface area contributed by atoms with Gasteiger partial charge in [-0.2, -0.15) is 4.98 Å². The molecule has 0 spiro atoms. The highest BCUT2D eigenvalue weighted by atomic mass is 32.2. The molecule has 4 heteroatoms. The quantitative estimate of drug-likeness (QED) is 0.773. The maximum atomic E-state index is 5.17. The maximum absolute atomic E-state index is 5.17. The van der Waals surface area contributed by atoms with Gasteiger partial charge in [-0.3, -0.25) is 0 Å². The van der Waals surface area contributed by atoms with Gasteiger partial charge in [0.25, 0.3) is 0 Å². The molecule has 1 atom stereocenters. The molecule has 0 saturated carbocycles. The average molecular weight is 248 g/mol. The van der Waals surface area contributed by atoms with E-state index in [0.717, 1.165) is 0 Å². The second-order valence-electron chi connectivity index (χ2n) is 4.19. The SMILES string of the molecule is Cc1noc(C(C)Sc2ccc(C)c(C)c2)n1. The van der Waals surface area contributed by atoms with Crippen LogP contribution in [0.25, 0.3) is 0 Å². The zero-order valence-corrected chi connectivity index (χ0v) is 11.3. The third-order valence-electron chi connectivity index (χ3n) is 2.68. The van der Waals surface area contributed by atoms with Crippen molar-refractivity contribution in [2.75, 3.05) is 0 Å². The summed E-state index contributed by atoms with van der Waals surface area (Å²) >= 11 is 1.74. The Balaban J connectivity index is 2.12. The van der Waals surface area contributed by atoms with E-state index in [2.05, 4.69) is 49.1 Å². The first-order valence-corrected chi connectivity index (χ1v) is 6.48. The van der Waals surface area contributed by atoms with Crippen molar-refractivity contribution in [3.05, 3.63) is 41.0 Å². The summed E-state index contributed by atoms with van der Waals surface area (Å²) < 4.78 is 5.17. The predicted octanol–water partition coefficient (Wildman–Crippen LogP) is 3.85. The number of nitrogens with zero attached hydrogens (tertiary/aromatic N) is 2. The fourth-order valence-electron chi connectivity index (χ4n) is 1.52. The summed E-state index contributed by atoms with van der Waals surface area (Å²) in [4.78, 5) is 5.48. The number of aromatic nitrogens is 2. The van der Waals surface area contributed by atoms with Crippen molar-refractivity contribution >= 4 is 11.8 Å². The van der Waals surface area contributed by atoms with Crippen LogP contribution in [0.15, 0.2) is 27.6 Å². The van der Waals surface area contributed by atoms with E-state index in [1.165, 1.54) is 16.0 Å². The fraction of sp³-hybridized carbons (Fsp3) is 0.385. The summed E-state index contributed by atoms with van der Waals surface area (Å²) in [6, 6.07) is 6.47. The molecule has 0 bridgehead atoms. The van der Waals surface area contributed by atoms with Crippen molar-refractivity contribution in [3.8, 4) is 0 Å². The standard InChI is InChI=1S/C13H16N2OS/c1-8-5-6-12(7-9(8)2)17-10(3)13-14-11(4)15-16-13/h5-7,10H,1-4H3. The molecule has 17 heavy (non-hydrogen) atoms. The molecule has 2 rings (SSSR count). The molecule has 0 N–H and O–H groups in total. The lowest BCUT2D eigenvalue weighted by Gasteiger charge is -2.08. The molecule has 0 saturated heterocycles. The van der Waals surface area contributed by atoms with Gasteiger partial charge < -0.3 is 4.52 Å². The van der Waals surface area contributed by atoms with Crippen LogP contribution in [0.2, 0.25) is 0 Å². The van der Waals surface area contributed by atoms with Crippen molar-refractivity contribution in [1.29, 1.82) is 0 Å². The monoisotopic (exact) mass is 248 g/mol. The number of hydrogen-bond donors (Lipinski definition) is 0. The Morgan fingerprint density at radius 2 is 1.94 bits per heavy atom. The fourth-order valence-corrected chi connectivity index (χ4v) is 2.52. The largest absolute Gasteiger partial charge is 0.338 e. The molecule has 0 amide bonds. The van der Waals surface area contributed by atoms with E-state index in [0.29, 0.717) is 11.7 Å². The van der Waals surface area contributed by atoms with Crippen LogP contribution >= 0.6 is 11.8 Å². The maximum Gasteiger partial charge on any atom is 0.239 e. The molecule has 0 radical (unpaired) electrons. The van der Waals surface area contributed by atoms with E-state index < -0.39 is 0 Å². The van der Waals surface area contributed by atoms with Crippen molar-refractivity contribution in [1.82, 2.24) is 10.1 Å². The Kier molecular flexibility index (Phi) is 3.52. The molecular weight excluding hydrogens is 232 g/mol. The molecule has 0 aliphatic heterocycles. The summed E-state index contributed by atoms with van der Waals surface area (Å²) in [5.41, 5.74) is 2.62. The molecule has 0 aliphatic carbocycles. The first-order valence-electron chi connectivity index (χ1n) is 5.60. The van der Waals surface area contributed by atoms with Crippen LogP contribution in [0, 0.1) is 20.8 Å². The Morgan fingerprint density at radius 1 is 1.18 bits per heavy atom. The van der Waals surface area contributed by atoms with Crippen LogP contribution < -0.4 is 0 Å². The second kappa shape index (κ2) is 4.92. The number of thioether (sulfide) groups is 1. The van der Waals surface area contributed by atoms with E-state index in [1.54, 1.807) is 11.8 Å². The Hall–Kier alpha value is -1.29. The highest BCUT2D eigenvalue weighted by Crippen LogP contribution is 2.34. The highest BCUT2D eigenvalue weighted by Gasteiger charge is 2.14. The van der Waals surface area contributed by atoms with Gasteiger partial charge in [-0.15, -0.1) is 11.8 Å². The summed E-state index contributed by atoms with van der Waals surface area (Å²) in [7, 11) is 0. The highest BCUT2D eigenvalue weighted by molar-refractivity contribution is 7.99. The second-order valence-corrected chi connectivity index (χ2v) is 5.60. The number of hydrogen-bond acceptors (Lipinski definition) is 4. The minimum atomic E-state index is 0.179. The van der Waals surface area contributed by atoms with Crippen LogP contribution in [0.3, 0.4) is 0 Å². The van der Waals surface area contributed by atoms with E-state index in [9.17, 15) is 0 Å². The summed E-state index contributed by atoms with van der Waals surface area (Å²) in [6.07, 6.45) is 0. The van der Waals surface area contributed by atoms with Crippen molar-refractivity contribution in [3.63, 3.8) is 0 Å². The van der Waals surface area contributed by atoms with Gasteiger partial charge in [0.1, 0.15) is 0 Å². The van der Waals surface area contributed by atoms with Gasteiger partial charge >= 0.3 is 0 Å². The lowest BCUT2D eigenvalue weighted by atomic mass is 10.1. The predicted molar refractivity (Wildman–Crippen MR) is 69.2 cm³/mol. The third-order valence-corrected chi connectivity index (χ3v) is 3.76. The van der Waals surface area contributed by atoms with Gasteiger partial charge in [0, 0.05) is 4.90 Å². The van der Waals surface area contributed by atoms with E-state index >= 15 is 0 Å². The topological polar surface area (TPSA) is 38.9 Å². The number of rotatable bonds is 3. The van der Waals surface area contributed by atoms with Gasteiger partial charge in [0.15, 0.2) is 5.82 Å². The third kappa shape index (κ3) is 2.88. The molecule has 1 heterocycles. The normalized spacial score (nSPS) is 12.7. The van der Waals surface area contributed by atoms with Gasteiger partial charge in [-0.05, 0) is 51.0 Å². The summed E-state index contributed by atoms with van der Waals surface area (Å²) in [5.74, 6) is 1.37. The van der Waals surface area contributed by atoms with Gasteiger partial charge in [-0.25, -0.2) is 0 Å². The van der Waals surface area contributed by atoms with Crippen LogP contribution in [0.5, 0.6) is 0 Å². The molecule has 1 unspecified atom stereocenters. The van der Waals surface area contributed by atoms with Gasteiger partial charge in [-0.1, -0.05) is 11.2 Å². The Labute approximate surface area is 106 Å². The molecule has 1 aromatic heterocycles. The molecule has 2 aromatic rings. The molecule has 3 nitrogen and oxygen atoms in total. The Bertz CT molecular complexity index is 522. The molecule has 0 aliphatic rings. The number of aryl methyl sites for hydroxylation is 3. The first-order chi connectivity index (χ1) is 8.06. The minimum absolute atomic E-state index is 0.179. The van der Waals surface area contributed by atoms with E-state index in [4.69, 9.17) is 4.52 Å². The van der Waals surface area contributed by atoms with Crippen molar-refractivity contribution < 1.29 is 4.52 Å². The molecule has 0 fully saturated rings. The van der Waals surface area contributed by atoms with Crippen molar-refractivity contribution in [2.45, 2.75) is 37.8 Å². The molecular formula is C13H16N2OS. The minimum Gasteiger partial charge on any atom is -0.338 e. The zero-order valence-electron chi connectivity index (χ0n) is 10.5. The van der Waals surface area contributed by atoms with Crippen LogP contribution in [0.1, 0.15) is 35.0 Å². The lowest BCUT2D eigenvalue weighted by molar-refractivity contribution is 0.376. The van der Waals surface area contributed by atoms with Crippen LogP contribution in [-0.2, 0) is 0 Å². The smallest absolute Gasteiger partial charge is 0.239 e. The summed E-state index contributed by atoms with van der Waals surface area (Å²) in [5, 5.41) is 3.99. The van der Waals surface area contributed by atoms with Gasteiger partial charge in [0.2, 0.25) is 5.89 Å². The lowest BCUT2D eigenvalue weighted by Crippen LogP contribution is -1.89. The Morgan fingerprint density at radius 3 is 2.53 bits per heavy atom. The summed E-state index contributed by atoms with van der Waals surface area (Å²) in [6.45, 7) is 8.16. The molecule has 90 valence electrons. The number of benzene rings is 1.